The third-order valence-corrected chi connectivity index (χ3v) is 3.92. The van der Waals surface area contributed by atoms with E-state index in [1.165, 1.54) is 12.1 Å². The number of hydrogen-bond acceptors (Lipinski definition) is 6. The largest absolute Gasteiger partial charge is 0.444 e. The average molecular weight is 479 g/mol. The second-order valence-corrected chi connectivity index (χ2v) is 6.33. The Morgan fingerprint density at radius 1 is 1.14 bits per heavy atom. The number of nitrogens with one attached hydrogen (secondary N) is 3. The minimum absolute atomic E-state index is 0.0109. The van der Waals surface area contributed by atoms with Gasteiger partial charge in [0.05, 0.1) is 17.0 Å². The van der Waals surface area contributed by atoms with Crippen molar-refractivity contribution in [3.63, 3.8) is 0 Å². The minimum Gasteiger partial charge on any atom is -0.444 e. The SMILES string of the molecule is O=C(CNC(=O)c1ccc(Br)o1)NCCNc1ccc(C(F)(F)F)cc1[N+](=O)[O-]. The summed E-state index contributed by atoms with van der Waals surface area (Å²) in [5.74, 6) is -1.11. The number of anilines is 1. The molecule has 0 saturated heterocycles. The maximum Gasteiger partial charge on any atom is 0.416 e. The third kappa shape index (κ3) is 6.48. The van der Waals surface area contributed by atoms with Crippen molar-refractivity contribution in [2.45, 2.75) is 6.18 Å². The molecule has 0 aliphatic rings. The van der Waals surface area contributed by atoms with Crippen molar-refractivity contribution in [2.75, 3.05) is 25.0 Å². The maximum atomic E-state index is 12.7. The summed E-state index contributed by atoms with van der Waals surface area (Å²) in [4.78, 5) is 33.5. The van der Waals surface area contributed by atoms with Crippen LogP contribution in [0, 0.1) is 10.1 Å². The van der Waals surface area contributed by atoms with Crippen molar-refractivity contribution in [3.05, 3.63) is 56.4 Å². The zero-order valence-electron chi connectivity index (χ0n) is 14.5. The molecule has 13 heteroatoms. The standard InChI is InChI=1S/C16H14BrF3N4O5/c17-13-4-3-12(29-13)15(26)23-8-14(25)22-6-5-21-10-2-1-9(16(18,19)20)7-11(10)24(27)28/h1-4,7,21H,5-6,8H2,(H,22,25)(H,23,26). The Hall–Kier alpha value is -3.09. The lowest BCUT2D eigenvalue weighted by molar-refractivity contribution is -0.384. The summed E-state index contributed by atoms with van der Waals surface area (Å²) in [6, 6.07) is 5.03. The minimum atomic E-state index is -4.70. The highest BCUT2D eigenvalue weighted by Crippen LogP contribution is 2.34. The summed E-state index contributed by atoms with van der Waals surface area (Å²) in [7, 11) is 0. The molecule has 0 aliphatic heterocycles. The van der Waals surface area contributed by atoms with Crippen LogP contribution in [0.1, 0.15) is 16.1 Å². The topological polar surface area (TPSA) is 127 Å². The fourth-order valence-electron chi connectivity index (χ4n) is 2.15. The molecule has 0 unspecified atom stereocenters. The molecule has 0 spiro atoms. The van der Waals surface area contributed by atoms with E-state index < -0.39 is 34.2 Å². The van der Waals surface area contributed by atoms with Crippen LogP contribution in [-0.2, 0) is 11.0 Å². The van der Waals surface area contributed by atoms with E-state index >= 15 is 0 Å². The second-order valence-electron chi connectivity index (χ2n) is 5.55. The average Bonchev–Trinajstić information content (AvgIpc) is 3.08. The van der Waals surface area contributed by atoms with E-state index in [4.69, 9.17) is 4.42 Å². The van der Waals surface area contributed by atoms with Crippen LogP contribution in [0.15, 0.2) is 39.4 Å². The van der Waals surface area contributed by atoms with Crippen LogP contribution in [0.2, 0.25) is 0 Å². The number of alkyl halides is 3. The first-order valence-corrected chi connectivity index (χ1v) is 8.77. The number of carbonyl (C=O) groups excluding carboxylic acids is 2. The van der Waals surface area contributed by atoms with Crippen molar-refractivity contribution in [1.29, 1.82) is 0 Å². The smallest absolute Gasteiger partial charge is 0.416 e. The van der Waals surface area contributed by atoms with Crippen LogP contribution < -0.4 is 16.0 Å². The molecule has 0 fully saturated rings. The Labute approximate surface area is 169 Å². The first-order valence-electron chi connectivity index (χ1n) is 7.97. The number of rotatable bonds is 8. The van der Waals surface area contributed by atoms with E-state index in [2.05, 4.69) is 31.9 Å². The van der Waals surface area contributed by atoms with Gasteiger partial charge in [0, 0.05) is 19.2 Å². The monoisotopic (exact) mass is 478 g/mol. The van der Waals surface area contributed by atoms with Gasteiger partial charge in [-0.1, -0.05) is 0 Å². The van der Waals surface area contributed by atoms with Crippen LogP contribution in [0.3, 0.4) is 0 Å². The number of carbonyl (C=O) groups is 2. The summed E-state index contributed by atoms with van der Waals surface area (Å²) >= 11 is 3.04. The number of nitrogens with zero attached hydrogens (tertiary/aromatic N) is 1. The van der Waals surface area contributed by atoms with Crippen LogP contribution in [0.4, 0.5) is 24.5 Å². The van der Waals surface area contributed by atoms with Gasteiger partial charge in [-0.25, -0.2) is 0 Å². The quantitative estimate of drug-likeness (QED) is 0.304. The van der Waals surface area contributed by atoms with Gasteiger partial charge in [-0.05, 0) is 40.2 Å². The van der Waals surface area contributed by atoms with Gasteiger partial charge in [-0.3, -0.25) is 19.7 Å². The predicted octanol–water partition coefficient (Wildman–Crippen LogP) is 2.93. The normalized spacial score (nSPS) is 11.0. The van der Waals surface area contributed by atoms with Gasteiger partial charge in [0.25, 0.3) is 11.6 Å². The summed E-state index contributed by atoms with van der Waals surface area (Å²) < 4.78 is 43.4. The van der Waals surface area contributed by atoms with Crippen molar-refractivity contribution in [2.24, 2.45) is 0 Å². The molecule has 1 aromatic carbocycles. The lowest BCUT2D eigenvalue weighted by Crippen LogP contribution is -2.38. The Morgan fingerprint density at radius 2 is 1.86 bits per heavy atom. The number of hydrogen-bond donors (Lipinski definition) is 3. The summed E-state index contributed by atoms with van der Waals surface area (Å²) in [5, 5.41) is 18.4. The molecule has 9 nitrogen and oxygen atoms in total. The van der Waals surface area contributed by atoms with Crippen molar-refractivity contribution in [3.8, 4) is 0 Å². The Balaban J connectivity index is 1.80. The van der Waals surface area contributed by atoms with E-state index in [1.54, 1.807) is 0 Å². The van der Waals surface area contributed by atoms with Gasteiger partial charge in [-0.2, -0.15) is 13.2 Å². The third-order valence-electron chi connectivity index (χ3n) is 3.49. The zero-order valence-corrected chi connectivity index (χ0v) is 16.1. The number of nitro benzene ring substituents is 1. The number of halogens is 4. The molecular weight excluding hydrogens is 465 g/mol. The summed E-state index contributed by atoms with van der Waals surface area (Å²) in [5.41, 5.74) is -1.99. The maximum absolute atomic E-state index is 12.7. The molecule has 2 rings (SSSR count). The van der Waals surface area contributed by atoms with Gasteiger partial charge in [0.1, 0.15) is 5.69 Å². The van der Waals surface area contributed by atoms with Gasteiger partial charge in [0.2, 0.25) is 5.91 Å². The molecule has 2 aromatic rings. The van der Waals surface area contributed by atoms with Gasteiger partial charge in [0.15, 0.2) is 10.4 Å². The molecular formula is C16H14BrF3N4O5. The number of nitro groups is 1. The van der Waals surface area contributed by atoms with Crippen LogP contribution in [0.5, 0.6) is 0 Å². The van der Waals surface area contributed by atoms with E-state index in [0.717, 1.165) is 12.1 Å². The first kappa shape index (κ1) is 22.2. The molecule has 0 atom stereocenters. The van der Waals surface area contributed by atoms with Gasteiger partial charge >= 0.3 is 6.18 Å². The Kier molecular flexibility index (Phi) is 7.20. The lowest BCUT2D eigenvalue weighted by Gasteiger charge is -2.11. The van der Waals surface area contributed by atoms with Crippen molar-refractivity contribution < 1.29 is 32.1 Å². The number of benzene rings is 1. The number of amides is 2. The molecule has 0 bridgehead atoms. The molecule has 1 heterocycles. The molecule has 3 N–H and O–H groups in total. The van der Waals surface area contributed by atoms with E-state index in [-0.39, 0.29) is 31.1 Å². The summed E-state index contributed by atoms with van der Waals surface area (Å²) in [6.07, 6.45) is -4.70. The van der Waals surface area contributed by atoms with Crippen LogP contribution >= 0.6 is 15.9 Å². The predicted molar refractivity (Wildman–Crippen MR) is 98.3 cm³/mol. The highest BCUT2D eigenvalue weighted by atomic mass is 79.9. The first-order chi connectivity index (χ1) is 13.6. The highest BCUT2D eigenvalue weighted by Gasteiger charge is 2.33. The fraction of sp³-hybridized carbons (Fsp3) is 0.250. The Bertz CT molecular complexity index is 916. The van der Waals surface area contributed by atoms with Crippen molar-refractivity contribution in [1.82, 2.24) is 10.6 Å². The molecule has 29 heavy (non-hydrogen) atoms. The van der Waals surface area contributed by atoms with Crippen molar-refractivity contribution >= 4 is 39.1 Å². The van der Waals surface area contributed by atoms with Gasteiger partial charge < -0.3 is 20.4 Å². The molecule has 0 saturated carbocycles. The molecule has 0 aliphatic carbocycles. The Morgan fingerprint density at radius 3 is 2.45 bits per heavy atom. The molecule has 156 valence electrons. The lowest BCUT2D eigenvalue weighted by atomic mass is 10.1. The van der Waals surface area contributed by atoms with E-state index in [9.17, 15) is 32.9 Å². The molecule has 2 amide bonds. The number of furan rings is 1. The fourth-order valence-corrected chi connectivity index (χ4v) is 2.46. The zero-order chi connectivity index (χ0) is 21.6. The van der Waals surface area contributed by atoms with E-state index in [0.29, 0.717) is 10.7 Å². The van der Waals surface area contributed by atoms with Gasteiger partial charge in [-0.15, -0.1) is 0 Å². The molecule has 0 radical (unpaired) electrons. The second kappa shape index (κ2) is 9.41. The van der Waals surface area contributed by atoms with Crippen LogP contribution in [-0.4, -0.2) is 36.4 Å². The summed E-state index contributed by atoms with van der Waals surface area (Å²) in [6.45, 7) is -0.312. The molecule has 1 aromatic heterocycles. The van der Waals surface area contributed by atoms with Crippen LogP contribution in [0.25, 0.3) is 0 Å². The highest BCUT2D eigenvalue weighted by molar-refractivity contribution is 9.10. The van der Waals surface area contributed by atoms with E-state index in [1.807, 2.05) is 0 Å².